The Labute approximate surface area is 82.1 Å². The molecule has 0 radical (unpaired) electrons. The van der Waals surface area contributed by atoms with Gasteiger partial charge in [0.05, 0.1) is 12.4 Å². The summed E-state index contributed by atoms with van der Waals surface area (Å²) in [5.74, 6) is 1.22. The number of halogens is 1. The molecule has 3 nitrogen and oxygen atoms in total. The summed E-state index contributed by atoms with van der Waals surface area (Å²) in [5, 5.41) is 0.375. The molecule has 0 N–H and O–H groups in total. The van der Waals surface area contributed by atoms with Gasteiger partial charge < -0.3 is 4.74 Å². The Kier molecular flexibility index (Phi) is 2.36. The van der Waals surface area contributed by atoms with Gasteiger partial charge in [0.2, 0.25) is 5.88 Å². The van der Waals surface area contributed by atoms with Gasteiger partial charge in [-0.3, -0.25) is 4.98 Å². The zero-order chi connectivity index (χ0) is 9.26. The molecule has 1 atom stereocenters. The molecule has 1 aromatic rings. The molecule has 2 rings (SSSR count). The number of aromatic nitrogens is 2. The highest BCUT2D eigenvalue weighted by atomic mass is 35.5. The highest BCUT2D eigenvalue weighted by Crippen LogP contribution is 2.34. The van der Waals surface area contributed by atoms with Crippen LogP contribution in [0.4, 0.5) is 0 Å². The van der Waals surface area contributed by atoms with E-state index in [9.17, 15) is 0 Å². The molecule has 0 amide bonds. The minimum Gasteiger partial charge on any atom is -0.473 e. The number of ether oxygens (including phenoxy) is 1. The molecule has 1 aliphatic rings. The molecule has 13 heavy (non-hydrogen) atoms. The van der Waals surface area contributed by atoms with Gasteiger partial charge in [-0.2, -0.15) is 4.98 Å². The Morgan fingerprint density at radius 3 is 2.92 bits per heavy atom. The van der Waals surface area contributed by atoms with Crippen LogP contribution in [-0.2, 0) is 0 Å². The SMILES string of the molecule is CC(Oc1cncc(Cl)n1)C1CC1. The maximum Gasteiger partial charge on any atom is 0.234 e. The first-order chi connectivity index (χ1) is 6.25. The van der Waals surface area contributed by atoms with Gasteiger partial charge in [0, 0.05) is 0 Å². The second kappa shape index (κ2) is 3.50. The van der Waals surface area contributed by atoms with Crippen molar-refractivity contribution in [3.05, 3.63) is 17.5 Å². The fourth-order valence-corrected chi connectivity index (χ4v) is 1.37. The third-order valence-electron chi connectivity index (χ3n) is 2.18. The van der Waals surface area contributed by atoms with Crippen molar-refractivity contribution >= 4 is 11.6 Å². The van der Waals surface area contributed by atoms with Crippen LogP contribution in [0.1, 0.15) is 19.8 Å². The molecule has 0 spiro atoms. The highest BCUT2D eigenvalue weighted by Gasteiger charge is 2.29. The molecular weight excluding hydrogens is 188 g/mol. The first-order valence-corrected chi connectivity index (χ1v) is 4.77. The quantitative estimate of drug-likeness (QED) is 0.748. The van der Waals surface area contributed by atoms with Gasteiger partial charge in [-0.15, -0.1) is 0 Å². The second-order valence-corrected chi connectivity index (χ2v) is 3.73. The molecule has 0 aliphatic heterocycles. The Bertz CT molecular complexity index is 301. The normalized spacial score (nSPS) is 18.3. The second-order valence-electron chi connectivity index (χ2n) is 3.34. The minimum absolute atomic E-state index is 0.229. The summed E-state index contributed by atoms with van der Waals surface area (Å²) < 4.78 is 5.56. The van der Waals surface area contributed by atoms with Crippen molar-refractivity contribution in [3.63, 3.8) is 0 Å². The molecule has 0 saturated heterocycles. The van der Waals surface area contributed by atoms with Crippen LogP contribution < -0.4 is 4.74 Å². The summed E-state index contributed by atoms with van der Waals surface area (Å²) in [4.78, 5) is 7.90. The molecule has 70 valence electrons. The molecule has 0 aromatic carbocycles. The Morgan fingerprint density at radius 2 is 2.31 bits per heavy atom. The number of hydrogen-bond donors (Lipinski definition) is 0. The number of rotatable bonds is 3. The number of hydrogen-bond acceptors (Lipinski definition) is 3. The lowest BCUT2D eigenvalue weighted by Crippen LogP contribution is -2.14. The zero-order valence-corrected chi connectivity index (χ0v) is 8.16. The lowest BCUT2D eigenvalue weighted by Gasteiger charge is -2.11. The monoisotopic (exact) mass is 198 g/mol. The van der Waals surface area contributed by atoms with Crippen LogP contribution in [0.2, 0.25) is 5.15 Å². The van der Waals surface area contributed by atoms with Gasteiger partial charge >= 0.3 is 0 Å². The van der Waals surface area contributed by atoms with E-state index in [1.54, 1.807) is 6.20 Å². The van der Waals surface area contributed by atoms with Crippen molar-refractivity contribution in [2.75, 3.05) is 0 Å². The van der Waals surface area contributed by atoms with Crippen LogP contribution in [0.15, 0.2) is 12.4 Å². The highest BCUT2D eigenvalue weighted by molar-refractivity contribution is 6.29. The Balaban J connectivity index is 2.00. The third-order valence-corrected chi connectivity index (χ3v) is 2.36. The molecule has 1 unspecified atom stereocenters. The van der Waals surface area contributed by atoms with Gasteiger partial charge in [0.15, 0.2) is 5.15 Å². The molecule has 1 heterocycles. The predicted octanol–water partition coefficient (Wildman–Crippen LogP) is 2.31. The Morgan fingerprint density at radius 1 is 1.54 bits per heavy atom. The van der Waals surface area contributed by atoms with Crippen LogP contribution in [0.3, 0.4) is 0 Å². The van der Waals surface area contributed by atoms with Crippen molar-refractivity contribution in [2.24, 2.45) is 5.92 Å². The first-order valence-electron chi connectivity index (χ1n) is 4.40. The van der Waals surface area contributed by atoms with E-state index in [-0.39, 0.29) is 6.10 Å². The molecule has 1 fully saturated rings. The van der Waals surface area contributed by atoms with E-state index in [4.69, 9.17) is 16.3 Å². The van der Waals surface area contributed by atoms with Crippen LogP contribution in [0, 0.1) is 5.92 Å². The van der Waals surface area contributed by atoms with Crippen LogP contribution >= 0.6 is 11.6 Å². The summed E-state index contributed by atoms with van der Waals surface area (Å²) in [6, 6.07) is 0. The summed E-state index contributed by atoms with van der Waals surface area (Å²) >= 11 is 5.67. The molecule has 1 aromatic heterocycles. The molecule has 4 heteroatoms. The van der Waals surface area contributed by atoms with Gasteiger partial charge in [0.1, 0.15) is 6.10 Å². The lowest BCUT2D eigenvalue weighted by atomic mass is 10.3. The fourth-order valence-electron chi connectivity index (χ4n) is 1.23. The fraction of sp³-hybridized carbons (Fsp3) is 0.556. The van der Waals surface area contributed by atoms with Crippen LogP contribution in [-0.4, -0.2) is 16.1 Å². The van der Waals surface area contributed by atoms with Crippen LogP contribution in [0.5, 0.6) is 5.88 Å². The van der Waals surface area contributed by atoms with E-state index in [0.717, 1.165) is 0 Å². The smallest absolute Gasteiger partial charge is 0.234 e. The summed E-state index contributed by atoms with van der Waals surface area (Å²) in [7, 11) is 0. The Hall–Kier alpha value is -0.830. The van der Waals surface area contributed by atoms with Crippen molar-refractivity contribution in [1.29, 1.82) is 0 Å². The van der Waals surface area contributed by atoms with Crippen molar-refractivity contribution < 1.29 is 4.74 Å². The summed E-state index contributed by atoms with van der Waals surface area (Å²) in [6.45, 7) is 2.06. The molecule has 1 aliphatic carbocycles. The standard InChI is InChI=1S/C9H11ClN2O/c1-6(7-2-3-7)13-9-5-11-4-8(10)12-9/h4-7H,2-3H2,1H3. The molecule has 0 bridgehead atoms. The first kappa shape index (κ1) is 8.75. The van der Waals surface area contributed by atoms with E-state index >= 15 is 0 Å². The maximum atomic E-state index is 5.67. The largest absolute Gasteiger partial charge is 0.473 e. The number of nitrogens with zero attached hydrogens (tertiary/aromatic N) is 2. The molecule has 1 saturated carbocycles. The predicted molar refractivity (Wildman–Crippen MR) is 49.9 cm³/mol. The summed E-state index contributed by atoms with van der Waals surface area (Å²) in [6.07, 6.45) is 5.83. The topological polar surface area (TPSA) is 35.0 Å². The van der Waals surface area contributed by atoms with Crippen LogP contribution in [0.25, 0.3) is 0 Å². The molecular formula is C9H11ClN2O. The van der Waals surface area contributed by atoms with Crippen molar-refractivity contribution in [3.8, 4) is 5.88 Å². The van der Waals surface area contributed by atoms with Gasteiger partial charge in [-0.1, -0.05) is 11.6 Å². The lowest BCUT2D eigenvalue weighted by molar-refractivity contribution is 0.189. The van der Waals surface area contributed by atoms with E-state index in [0.29, 0.717) is 17.0 Å². The van der Waals surface area contributed by atoms with E-state index < -0.39 is 0 Å². The van der Waals surface area contributed by atoms with Gasteiger partial charge in [-0.05, 0) is 25.7 Å². The van der Waals surface area contributed by atoms with Gasteiger partial charge in [-0.25, -0.2) is 0 Å². The van der Waals surface area contributed by atoms with E-state index in [1.807, 2.05) is 0 Å². The average molecular weight is 199 g/mol. The van der Waals surface area contributed by atoms with Crippen molar-refractivity contribution in [2.45, 2.75) is 25.9 Å². The average Bonchev–Trinajstić information content (AvgIpc) is 2.85. The van der Waals surface area contributed by atoms with Gasteiger partial charge in [0.25, 0.3) is 0 Å². The van der Waals surface area contributed by atoms with E-state index in [2.05, 4.69) is 16.9 Å². The third kappa shape index (κ3) is 2.31. The van der Waals surface area contributed by atoms with E-state index in [1.165, 1.54) is 19.0 Å². The minimum atomic E-state index is 0.229. The zero-order valence-electron chi connectivity index (χ0n) is 7.40. The van der Waals surface area contributed by atoms with Crippen molar-refractivity contribution in [1.82, 2.24) is 9.97 Å². The summed E-state index contributed by atoms with van der Waals surface area (Å²) in [5.41, 5.74) is 0. The maximum absolute atomic E-state index is 5.67.